The highest BCUT2D eigenvalue weighted by molar-refractivity contribution is 6.06. The summed E-state index contributed by atoms with van der Waals surface area (Å²) in [7, 11) is 0. The van der Waals surface area contributed by atoms with Gasteiger partial charge in [-0.25, -0.2) is 0 Å². The largest absolute Gasteiger partial charge is 0.397 e. The second-order valence-electron chi connectivity index (χ2n) is 8.87. The molecule has 36 heavy (non-hydrogen) atoms. The average Bonchev–Trinajstić information content (AvgIpc) is 3.73. The van der Waals surface area contributed by atoms with Crippen molar-refractivity contribution in [2.24, 2.45) is 0 Å². The SMILES string of the molecule is Nc1ccccc1NC(=O)c1ccc(C(=CC(=O)NC2CC2)c2ccccc2-c2ccccc2)cc1. The minimum absolute atomic E-state index is 0.114. The first-order valence-electron chi connectivity index (χ1n) is 12.0. The Morgan fingerprint density at radius 1 is 0.750 bits per heavy atom. The third kappa shape index (κ3) is 5.36. The minimum atomic E-state index is -0.249. The van der Waals surface area contributed by atoms with Gasteiger partial charge in [-0.15, -0.1) is 0 Å². The first kappa shape index (κ1) is 23.1. The predicted octanol–water partition coefficient (Wildman–Crippen LogP) is 5.90. The minimum Gasteiger partial charge on any atom is -0.397 e. The number of amides is 2. The topological polar surface area (TPSA) is 84.2 Å². The van der Waals surface area contributed by atoms with Gasteiger partial charge < -0.3 is 16.4 Å². The number of carbonyl (C=O) groups excluding carboxylic acids is 2. The molecule has 2 amide bonds. The fraction of sp³-hybridized carbons (Fsp3) is 0.0968. The highest BCUT2D eigenvalue weighted by atomic mass is 16.2. The van der Waals surface area contributed by atoms with Gasteiger partial charge in [0.25, 0.3) is 5.91 Å². The molecular formula is C31H27N3O2. The van der Waals surface area contributed by atoms with Gasteiger partial charge in [-0.3, -0.25) is 9.59 Å². The number of benzene rings is 4. The number of rotatable bonds is 7. The van der Waals surface area contributed by atoms with Crippen LogP contribution in [0.2, 0.25) is 0 Å². The molecule has 0 aliphatic heterocycles. The van der Waals surface area contributed by atoms with Gasteiger partial charge in [0.2, 0.25) is 5.91 Å². The van der Waals surface area contributed by atoms with Crippen LogP contribution in [-0.2, 0) is 4.79 Å². The van der Waals surface area contributed by atoms with Crippen LogP contribution in [-0.4, -0.2) is 17.9 Å². The summed E-state index contributed by atoms with van der Waals surface area (Å²) in [5, 5.41) is 5.91. The lowest BCUT2D eigenvalue weighted by Crippen LogP contribution is -2.23. The molecule has 1 aliphatic rings. The summed E-state index contributed by atoms with van der Waals surface area (Å²) in [4.78, 5) is 25.7. The van der Waals surface area contributed by atoms with Crippen LogP contribution in [0.25, 0.3) is 16.7 Å². The zero-order valence-electron chi connectivity index (χ0n) is 19.8. The third-order valence-electron chi connectivity index (χ3n) is 6.17. The maximum absolute atomic E-state index is 12.8. The number of hydrogen-bond acceptors (Lipinski definition) is 3. The fourth-order valence-electron chi connectivity index (χ4n) is 4.11. The first-order valence-corrected chi connectivity index (χ1v) is 12.0. The van der Waals surface area contributed by atoms with E-state index in [1.165, 1.54) is 0 Å². The third-order valence-corrected chi connectivity index (χ3v) is 6.17. The molecule has 5 nitrogen and oxygen atoms in total. The van der Waals surface area contributed by atoms with Crippen LogP contribution in [0, 0.1) is 0 Å². The maximum Gasteiger partial charge on any atom is 0.255 e. The van der Waals surface area contributed by atoms with Crippen LogP contribution in [0.5, 0.6) is 0 Å². The Kier molecular flexibility index (Phi) is 6.63. The Bertz CT molecular complexity index is 1420. The summed E-state index contributed by atoms with van der Waals surface area (Å²) in [6.07, 6.45) is 3.70. The van der Waals surface area contributed by atoms with Gasteiger partial charge in [0.1, 0.15) is 0 Å². The van der Waals surface area contributed by atoms with Gasteiger partial charge in [-0.2, -0.15) is 0 Å². The molecule has 0 heterocycles. The van der Waals surface area contributed by atoms with E-state index in [9.17, 15) is 9.59 Å². The van der Waals surface area contributed by atoms with Gasteiger partial charge in [0, 0.05) is 17.7 Å². The molecule has 0 aromatic heterocycles. The Hall–Kier alpha value is -4.64. The molecule has 4 N–H and O–H groups in total. The normalized spacial score (nSPS) is 13.2. The average molecular weight is 474 g/mol. The van der Waals surface area contributed by atoms with E-state index < -0.39 is 0 Å². The van der Waals surface area contributed by atoms with E-state index in [-0.39, 0.29) is 17.9 Å². The Balaban J connectivity index is 1.49. The lowest BCUT2D eigenvalue weighted by Gasteiger charge is -2.15. The van der Waals surface area contributed by atoms with Crippen LogP contribution in [0.3, 0.4) is 0 Å². The van der Waals surface area contributed by atoms with Gasteiger partial charge in [0.15, 0.2) is 0 Å². The summed E-state index contributed by atoms with van der Waals surface area (Å²) in [6.45, 7) is 0. The van der Waals surface area contributed by atoms with Crippen molar-refractivity contribution in [1.29, 1.82) is 0 Å². The summed E-state index contributed by atoms with van der Waals surface area (Å²) in [5.41, 5.74) is 12.2. The van der Waals surface area contributed by atoms with E-state index in [1.54, 1.807) is 30.3 Å². The first-order chi connectivity index (χ1) is 17.6. The smallest absolute Gasteiger partial charge is 0.255 e. The van der Waals surface area contributed by atoms with Crippen molar-refractivity contribution < 1.29 is 9.59 Å². The van der Waals surface area contributed by atoms with E-state index in [0.717, 1.165) is 40.7 Å². The van der Waals surface area contributed by atoms with E-state index in [4.69, 9.17) is 5.73 Å². The molecule has 1 fully saturated rings. The molecule has 0 saturated heterocycles. The molecule has 0 spiro atoms. The van der Waals surface area contributed by atoms with E-state index >= 15 is 0 Å². The maximum atomic E-state index is 12.8. The van der Waals surface area contributed by atoms with Crippen LogP contribution < -0.4 is 16.4 Å². The van der Waals surface area contributed by atoms with Crippen LogP contribution >= 0.6 is 0 Å². The summed E-state index contributed by atoms with van der Waals surface area (Å²) in [6, 6.07) is 32.9. The predicted molar refractivity (Wildman–Crippen MR) is 145 cm³/mol. The van der Waals surface area contributed by atoms with E-state index in [1.807, 2.05) is 60.7 Å². The highest BCUT2D eigenvalue weighted by Crippen LogP contribution is 2.33. The number of nitrogens with one attached hydrogen (secondary N) is 2. The van der Waals surface area contributed by atoms with Gasteiger partial charge in [-0.05, 0) is 64.9 Å². The van der Waals surface area contributed by atoms with Crippen molar-refractivity contribution in [1.82, 2.24) is 5.32 Å². The van der Waals surface area contributed by atoms with Crippen molar-refractivity contribution in [3.63, 3.8) is 0 Å². The molecule has 4 aromatic carbocycles. The lowest BCUT2D eigenvalue weighted by molar-refractivity contribution is -0.116. The summed E-state index contributed by atoms with van der Waals surface area (Å²) < 4.78 is 0. The number of hydrogen-bond donors (Lipinski definition) is 3. The number of anilines is 2. The zero-order valence-corrected chi connectivity index (χ0v) is 19.8. The van der Waals surface area contributed by atoms with Crippen molar-refractivity contribution in [3.05, 3.63) is 126 Å². The molecule has 0 radical (unpaired) electrons. The molecular weight excluding hydrogens is 446 g/mol. The molecule has 1 saturated carbocycles. The van der Waals surface area contributed by atoms with Crippen LogP contribution in [0.4, 0.5) is 11.4 Å². The van der Waals surface area contributed by atoms with E-state index in [2.05, 4.69) is 28.8 Å². The van der Waals surface area contributed by atoms with Gasteiger partial charge >= 0.3 is 0 Å². The van der Waals surface area contributed by atoms with Crippen molar-refractivity contribution in [3.8, 4) is 11.1 Å². The standard InChI is InChI=1S/C31H27N3O2/c32-28-12-6-7-13-29(28)34-31(36)23-16-14-22(15-17-23)27(20-30(35)33-24-18-19-24)26-11-5-4-10-25(26)21-8-2-1-3-9-21/h1-17,20,24H,18-19,32H2,(H,33,35)(H,34,36). The monoisotopic (exact) mass is 473 g/mol. The molecule has 1 aliphatic carbocycles. The van der Waals surface area contributed by atoms with Crippen molar-refractivity contribution in [2.75, 3.05) is 11.1 Å². The van der Waals surface area contributed by atoms with Crippen molar-refractivity contribution >= 4 is 28.8 Å². The molecule has 0 unspecified atom stereocenters. The molecule has 178 valence electrons. The fourth-order valence-corrected chi connectivity index (χ4v) is 4.11. The molecule has 0 bridgehead atoms. The van der Waals surface area contributed by atoms with Crippen LogP contribution in [0.15, 0.2) is 109 Å². The Morgan fingerprint density at radius 3 is 2.11 bits per heavy atom. The molecule has 5 rings (SSSR count). The zero-order chi connectivity index (χ0) is 24.9. The molecule has 5 heteroatoms. The quantitative estimate of drug-likeness (QED) is 0.231. The highest BCUT2D eigenvalue weighted by Gasteiger charge is 2.23. The number of nitrogens with two attached hydrogens (primary N) is 1. The molecule has 4 aromatic rings. The van der Waals surface area contributed by atoms with Crippen LogP contribution in [0.1, 0.15) is 34.3 Å². The summed E-state index contributed by atoms with van der Waals surface area (Å²) in [5.74, 6) is -0.363. The van der Waals surface area contributed by atoms with Crippen molar-refractivity contribution in [2.45, 2.75) is 18.9 Å². The Labute approximate surface area is 210 Å². The van der Waals surface area contributed by atoms with Gasteiger partial charge in [-0.1, -0.05) is 78.9 Å². The number of nitrogen functional groups attached to an aromatic ring is 1. The molecule has 0 atom stereocenters. The second kappa shape index (κ2) is 10.3. The number of carbonyl (C=O) groups is 2. The summed E-state index contributed by atoms with van der Waals surface area (Å²) >= 11 is 0. The van der Waals surface area contributed by atoms with E-state index in [0.29, 0.717) is 16.9 Å². The van der Waals surface area contributed by atoms with Gasteiger partial charge in [0.05, 0.1) is 11.4 Å². The number of para-hydroxylation sites is 2. The Morgan fingerprint density at radius 2 is 1.39 bits per heavy atom. The lowest BCUT2D eigenvalue weighted by atomic mass is 9.90. The second-order valence-corrected chi connectivity index (χ2v) is 8.87.